The van der Waals surface area contributed by atoms with Gasteiger partial charge in [0.1, 0.15) is 17.4 Å². The first kappa shape index (κ1) is 19.7. The zero-order valence-corrected chi connectivity index (χ0v) is 15.7. The molecule has 0 bridgehead atoms. The highest BCUT2D eigenvalue weighted by Gasteiger charge is 2.16. The zero-order valence-electron chi connectivity index (χ0n) is 14.9. The molecule has 1 N–H and O–H groups in total. The van der Waals surface area contributed by atoms with Gasteiger partial charge in [0, 0.05) is 11.6 Å². The van der Waals surface area contributed by atoms with E-state index in [0.29, 0.717) is 0 Å². The Kier molecular flexibility index (Phi) is 6.21. The number of halogens is 1. The number of amides is 1. The van der Waals surface area contributed by atoms with Gasteiger partial charge >= 0.3 is 0 Å². The van der Waals surface area contributed by atoms with Crippen molar-refractivity contribution in [2.24, 2.45) is 0 Å². The molecule has 7 heteroatoms. The Hall–Kier alpha value is -2.60. The van der Waals surface area contributed by atoms with Crippen molar-refractivity contribution in [3.8, 4) is 5.75 Å². The van der Waals surface area contributed by atoms with Crippen LogP contribution >= 0.6 is 11.6 Å². The number of carbonyl (C=O) groups is 1. The Labute approximate surface area is 157 Å². The number of carbonyl (C=O) groups excluding carboxylic acids is 1. The van der Waals surface area contributed by atoms with Gasteiger partial charge in [-0.1, -0.05) is 44.5 Å². The SMILES string of the molecule is CC(C)(C)c1ccc(OCCNC(=O)c2ccc(Cl)c([N+](=O)[O-])c2)cc1. The third-order valence-electron chi connectivity index (χ3n) is 3.78. The van der Waals surface area contributed by atoms with Gasteiger partial charge < -0.3 is 10.1 Å². The van der Waals surface area contributed by atoms with Crippen LogP contribution in [0.2, 0.25) is 5.02 Å². The van der Waals surface area contributed by atoms with Crippen LogP contribution in [0.5, 0.6) is 5.75 Å². The van der Waals surface area contributed by atoms with Crippen molar-refractivity contribution in [1.29, 1.82) is 0 Å². The lowest BCUT2D eigenvalue weighted by Crippen LogP contribution is -2.28. The molecule has 0 fully saturated rings. The van der Waals surface area contributed by atoms with E-state index in [1.165, 1.54) is 17.7 Å². The summed E-state index contributed by atoms with van der Waals surface area (Å²) in [6.45, 7) is 6.98. The van der Waals surface area contributed by atoms with E-state index in [9.17, 15) is 14.9 Å². The van der Waals surface area contributed by atoms with Crippen molar-refractivity contribution in [3.63, 3.8) is 0 Å². The second-order valence-corrected chi connectivity index (χ2v) is 7.21. The Balaban J connectivity index is 1.85. The van der Waals surface area contributed by atoms with Gasteiger partial charge in [0.25, 0.3) is 11.6 Å². The van der Waals surface area contributed by atoms with Gasteiger partial charge in [0.15, 0.2) is 0 Å². The fraction of sp³-hybridized carbons (Fsp3) is 0.316. The van der Waals surface area contributed by atoms with Crippen molar-refractivity contribution >= 4 is 23.2 Å². The van der Waals surface area contributed by atoms with E-state index in [1.807, 2.05) is 24.3 Å². The second-order valence-electron chi connectivity index (χ2n) is 6.80. The van der Waals surface area contributed by atoms with Crippen LogP contribution in [0.3, 0.4) is 0 Å². The van der Waals surface area contributed by atoms with Crippen molar-refractivity contribution in [2.75, 3.05) is 13.2 Å². The lowest BCUT2D eigenvalue weighted by atomic mass is 9.87. The molecule has 0 aliphatic rings. The van der Waals surface area contributed by atoms with Gasteiger partial charge in [-0.05, 0) is 35.2 Å². The third-order valence-corrected chi connectivity index (χ3v) is 4.10. The largest absolute Gasteiger partial charge is 0.492 e. The van der Waals surface area contributed by atoms with Gasteiger partial charge in [0.05, 0.1) is 11.5 Å². The fourth-order valence-electron chi connectivity index (χ4n) is 2.28. The first-order valence-electron chi connectivity index (χ1n) is 8.14. The van der Waals surface area contributed by atoms with E-state index < -0.39 is 10.8 Å². The maximum absolute atomic E-state index is 12.1. The minimum Gasteiger partial charge on any atom is -0.492 e. The molecule has 138 valence electrons. The molecule has 0 spiro atoms. The smallest absolute Gasteiger partial charge is 0.288 e. The van der Waals surface area contributed by atoms with E-state index in [4.69, 9.17) is 16.3 Å². The molecule has 0 saturated carbocycles. The molecule has 6 nitrogen and oxygen atoms in total. The van der Waals surface area contributed by atoms with Crippen molar-refractivity contribution < 1.29 is 14.5 Å². The molecule has 2 rings (SSSR count). The number of benzene rings is 2. The van der Waals surface area contributed by atoms with Crippen LogP contribution in [0.1, 0.15) is 36.7 Å². The fourth-order valence-corrected chi connectivity index (χ4v) is 2.47. The van der Waals surface area contributed by atoms with Crippen LogP contribution in [-0.2, 0) is 5.41 Å². The molecule has 0 aliphatic carbocycles. The number of nitrogens with zero attached hydrogens (tertiary/aromatic N) is 1. The van der Waals surface area contributed by atoms with Gasteiger partial charge in [-0.2, -0.15) is 0 Å². The number of nitrogens with one attached hydrogen (secondary N) is 1. The summed E-state index contributed by atoms with van der Waals surface area (Å²) in [5.74, 6) is 0.297. The maximum Gasteiger partial charge on any atom is 0.288 e. The number of hydrogen-bond donors (Lipinski definition) is 1. The molecule has 2 aromatic rings. The van der Waals surface area contributed by atoms with Crippen molar-refractivity contribution in [3.05, 3.63) is 68.7 Å². The van der Waals surface area contributed by atoms with E-state index in [2.05, 4.69) is 26.1 Å². The van der Waals surface area contributed by atoms with Gasteiger partial charge in [-0.3, -0.25) is 14.9 Å². The summed E-state index contributed by atoms with van der Waals surface area (Å²) in [5, 5.41) is 13.5. The standard InChI is InChI=1S/C19H21ClN2O4/c1-19(2,3)14-5-7-15(8-6-14)26-11-10-21-18(23)13-4-9-16(20)17(12-13)22(24)25/h4-9,12H,10-11H2,1-3H3,(H,21,23). The summed E-state index contributed by atoms with van der Waals surface area (Å²) in [7, 11) is 0. The summed E-state index contributed by atoms with van der Waals surface area (Å²) < 4.78 is 5.60. The first-order valence-corrected chi connectivity index (χ1v) is 8.52. The molecule has 0 heterocycles. The minimum absolute atomic E-state index is 0.00594. The second kappa shape index (κ2) is 8.19. The maximum atomic E-state index is 12.1. The molecular formula is C19H21ClN2O4. The molecule has 0 unspecified atom stereocenters. The molecule has 0 aromatic heterocycles. The molecule has 0 saturated heterocycles. The van der Waals surface area contributed by atoms with Crippen molar-refractivity contribution in [2.45, 2.75) is 26.2 Å². The van der Waals surface area contributed by atoms with E-state index >= 15 is 0 Å². The number of nitro groups is 1. The monoisotopic (exact) mass is 376 g/mol. The summed E-state index contributed by atoms with van der Waals surface area (Å²) in [6, 6.07) is 11.7. The number of nitro benzene ring substituents is 1. The molecule has 1 amide bonds. The quantitative estimate of drug-likeness (QED) is 0.461. The number of rotatable bonds is 6. The summed E-state index contributed by atoms with van der Waals surface area (Å²) in [4.78, 5) is 22.3. The number of hydrogen-bond acceptors (Lipinski definition) is 4. The molecular weight excluding hydrogens is 356 g/mol. The average Bonchev–Trinajstić information content (AvgIpc) is 2.58. The molecule has 26 heavy (non-hydrogen) atoms. The molecule has 2 aromatic carbocycles. The zero-order chi connectivity index (χ0) is 19.3. The highest BCUT2D eigenvalue weighted by Crippen LogP contribution is 2.25. The van der Waals surface area contributed by atoms with Crippen LogP contribution in [-0.4, -0.2) is 24.0 Å². The topological polar surface area (TPSA) is 81.5 Å². The molecule has 0 aliphatic heterocycles. The van der Waals surface area contributed by atoms with Crippen LogP contribution in [0, 0.1) is 10.1 Å². The lowest BCUT2D eigenvalue weighted by Gasteiger charge is -2.19. The first-order chi connectivity index (χ1) is 12.2. The van der Waals surface area contributed by atoms with E-state index in [1.54, 1.807) is 0 Å². The summed E-state index contributed by atoms with van der Waals surface area (Å²) >= 11 is 5.74. The van der Waals surface area contributed by atoms with Gasteiger partial charge in [-0.25, -0.2) is 0 Å². The van der Waals surface area contributed by atoms with E-state index in [0.717, 1.165) is 11.8 Å². The van der Waals surface area contributed by atoms with Crippen LogP contribution in [0.25, 0.3) is 0 Å². The van der Waals surface area contributed by atoms with Crippen LogP contribution in [0.15, 0.2) is 42.5 Å². The summed E-state index contributed by atoms with van der Waals surface area (Å²) in [5.41, 5.74) is 1.17. The van der Waals surface area contributed by atoms with Crippen LogP contribution in [0.4, 0.5) is 5.69 Å². The van der Waals surface area contributed by atoms with Gasteiger partial charge in [0.2, 0.25) is 0 Å². The Morgan fingerprint density at radius 1 is 1.19 bits per heavy atom. The predicted molar refractivity (Wildman–Crippen MR) is 101 cm³/mol. The molecule has 0 atom stereocenters. The lowest BCUT2D eigenvalue weighted by molar-refractivity contribution is -0.384. The average molecular weight is 377 g/mol. The van der Waals surface area contributed by atoms with Crippen LogP contribution < -0.4 is 10.1 Å². The van der Waals surface area contributed by atoms with Crippen molar-refractivity contribution in [1.82, 2.24) is 5.32 Å². The Bertz CT molecular complexity index is 798. The highest BCUT2D eigenvalue weighted by molar-refractivity contribution is 6.32. The molecule has 0 radical (unpaired) electrons. The van der Waals surface area contributed by atoms with E-state index in [-0.39, 0.29) is 34.8 Å². The Morgan fingerprint density at radius 3 is 2.42 bits per heavy atom. The predicted octanol–water partition coefficient (Wildman–Crippen LogP) is 4.35. The summed E-state index contributed by atoms with van der Waals surface area (Å²) in [6.07, 6.45) is 0. The third kappa shape index (κ3) is 5.20. The normalized spacial score (nSPS) is 11.1. The minimum atomic E-state index is -0.622. The number of ether oxygens (including phenoxy) is 1. The Morgan fingerprint density at radius 2 is 1.85 bits per heavy atom. The highest BCUT2D eigenvalue weighted by atomic mass is 35.5. The van der Waals surface area contributed by atoms with Gasteiger partial charge in [-0.15, -0.1) is 0 Å².